The molecule has 132 valence electrons. The fourth-order valence-corrected chi connectivity index (χ4v) is 7.86. The molecule has 0 aliphatic heterocycles. The number of hydrogen-bond donors (Lipinski definition) is 2. The molecule has 2 heteroatoms. The highest BCUT2D eigenvalue weighted by Crippen LogP contribution is 2.69. The molecule has 23 heavy (non-hydrogen) atoms. The van der Waals surface area contributed by atoms with Crippen LogP contribution in [-0.2, 0) is 0 Å². The van der Waals surface area contributed by atoms with E-state index in [-0.39, 0.29) is 11.5 Å². The second-order valence-corrected chi connectivity index (χ2v) is 10.4. The SMILES string of the molecule is C[C@@H]1C[C@@H]2C[C@H](O)CC[C@]2(C)[C@H]2CC[C@@]3(C)[C@@H](CC[C@@]3(C)O)[C@H]12. The van der Waals surface area contributed by atoms with Gasteiger partial charge in [0.05, 0.1) is 11.7 Å². The van der Waals surface area contributed by atoms with Crippen molar-refractivity contribution in [2.24, 2.45) is 40.4 Å². The largest absolute Gasteiger partial charge is 0.393 e. The summed E-state index contributed by atoms with van der Waals surface area (Å²) < 4.78 is 0. The lowest BCUT2D eigenvalue weighted by Gasteiger charge is -2.63. The van der Waals surface area contributed by atoms with Crippen LogP contribution in [0.3, 0.4) is 0 Å². The first-order chi connectivity index (χ1) is 10.7. The van der Waals surface area contributed by atoms with E-state index in [2.05, 4.69) is 27.7 Å². The minimum absolute atomic E-state index is 0.0575. The number of rotatable bonds is 0. The van der Waals surface area contributed by atoms with Crippen LogP contribution in [0.4, 0.5) is 0 Å². The van der Waals surface area contributed by atoms with Crippen molar-refractivity contribution < 1.29 is 10.2 Å². The Hall–Kier alpha value is -0.0800. The maximum atomic E-state index is 11.0. The first-order valence-electron chi connectivity index (χ1n) is 10.1. The highest BCUT2D eigenvalue weighted by atomic mass is 16.3. The van der Waals surface area contributed by atoms with Crippen LogP contribution in [0.5, 0.6) is 0 Å². The van der Waals surface area contributed by atoms with Crippen molar-refractivity contribution >= 4 is 0 Å². The van der Waals surface area contributed by atoms with E-state index in [1.807, 2.05) is 0 Å². The third kappa shape index (κ3) is 2.06. The van der Waals surface area contributed by atoms with Gasteiger partial charge in [0.1, 0.15) is 0 Å². The predicted octanol–water partition coefficient (Wildman–Crippen LogP) is 4.39. The molecule has 0 aromatic carbocycles. The van der Waals surface area contributed by atoms with E-state index < -0.39 is 5.60 Å². The van der Waals surface area contributed by atoms with Crippen molar-refractivity contribution in [2.45, 2.75) is 90.8 Å². The molecule has 2 N–H and O–H groups in total. The molecule has 0 aromatic rings. The van der Waals surface area contributed by atoms with Crippen LogP contribution in [-0.4, -0.2) is 21.9 Å². The van der Waals surface area contributed by atoms with E-state index in [1.165, 1.54) is 32.1 Å². The van der Waals surface area contributed by atoms with Gasteiger partial charge in [-0.2, -0.15) is 0 Å². The first kappa shape index (κ1) is 16.4. The van der Waals surface area contributed by atoms with E-state index in [0.29, 0.717) is 17.3 Å². The lowest BCUT2D eigenvalue weighted by atomic mass is 9.42. The molecule has 0 heterocycles. The van der Waals surface area contributed by atoms with E-state index >= 15 is 0 Å². The van der Waals surface area contributed by atoms with E-state index in [1.54, 1.807) is 0 Å². The summed E-state index contributed by atoms with van der Waals surface area (Å²) in [5, 5.41) is 21.2. The Labute approximate surface area is 142 Å². The molecule has 0 amide bonds. The standard InChI is InChI=1S/C21H36O2/c1-13-11-14-12-15(22)5-8-19(14,2)16-6-9-20(3)17(18(13)16)7-10-21(20,4)23/h13-18,22-23H,5-12H2,1-4H3/t13-,14-,15-,16+,17+,18-,19+,20+,21-/m1/s1. The maximum Gasteiger partial charge on any atom is 0.0675 e. The normalized spacial score (nSPS) is 62.3. The molecular weight excluding hydrogens is 284 g/mol. The summed E-state index contributed by atoms with van der Waals surface area (Å²) >= 11 is 0. The van der Waals surface area contributed by atoms with Gasteiger partial charge in [-0.15, -0.1) is 0 Å². The van der Waals surface area contributed by atoms with Crippen molar-refractivity contribution in [3.63, 3.8) is 0 Å². The Morgan fingerprint density at radius 2 is 1.57 bits per heavy atom. The van der Waals surface area contributed by atoms with Crippen molar-refractivity contribution in [2.75, 3.05) is 0 Å². The Balaban J connectivity index is 1.68. The zero-order valence-corrected chi connectivity index (χ0v) is 15.5. The minimum atomic E-state index is -0.469. The fraction of sp³-hybridized carbons (Fsp3) is 1.00. The molecule has 4 aliphatic carbocycles. The molecule has 0 unspecified atom stereocenters. The van der Waals surface area contributed by atoms with Gasteiger partial charge in [-0.25, -0.2) is 0 Å². The van der Waals surface area contributed by atoms with Gasteiger partial charge in [0, 0.05) is 0 Å². The summed E-state index contributed by atoms with van der Waals surface area (Å²) in [5.41, 5.74) is 0.0921. The zero-order valence-electron chi connectivity index (χ0n) is 15.5. The molecular formula is C21H36O2. The average molecular weight is 321 g/mol. The zero-order chi connectivity index (χ0) is 16.6. The molecule has 4 rings (SSSR count). The summed E-state index contributed by atoms with van der Waals surface area (Å²) in [6, 6.07) is 0. The average Bonchev–Trinajstić information content (AvgIpc) is 2.72. The van der Waals surface area contributed by atoms with Crippen LogP contribution in [0, 0.1) is 40.4 Å². The maximum absolute atomic E-state index is 11.0. The Bertz CT molecular complexity index is 486. The van der Waals surface area contributed by atoms with Gasteiger partial charge in [0.25, 0.3) is 0 Å². The minimum Gasteiger partial charge on any atom is -0.393 e. The summed E-state index contributed by atoms with van der Waals surface area (Å²) in [4.78, 5) is 0. The highest BCUT2D eigenvalue weighted by Gasteiger charge is 2.64. The quantitative estimate of drug-likeness (QED) is 0.695. The van der Waals surface area contributed by atoms with E-state index in [9.17, 15) is 10.2 Å². The third-order valence-corrected chi connectivity index (χ3v) is 9.56. The molecule has 0 spiro atoms. The monoisotopic (exact) mass is 320 g/mol. The lowest BCUT2D eigenvalue weighted by Crippen LogP contribution is -2.58. The van der Waals surface area contributed by atoms with Crippen LogP contribution in [0.15, 0.2) is 0 Å². The highest BCUT2D eigenvalue weighted by molar-refractivity contribution is 5.13. The van der Waals surface area contributed by atoms with Crippen molar-refractivity contribution in [1.82, 2.24) is 0 Å². The van der Waals surface area contributed by atoms with Crippen molar-refractivity contribution in [3.8, 4) is 0 Å². The van der Waals surface area contributed by atoms with Crippen molar-refractivity contribution in [3.05, 3.63) is 0 Å². The number of aliphatic hydroxyl groups excluding tert-OH is 1. The van der Waals surface area contributed by atoms with Crippen LogP contribution in [0.25, 0.3) is 0 Å². The lowest BCUT2D eigenvalue weighted by molar-refractivity contribution is -0.169. The molecule has 0 aromatic heterocycles. The van der Waals surface area contributed by atoms with Gasteiger partial charge in [-0.3, -0.25) is 0 Å². The molecule has 4 saturated carbocycles. The Morgan fingerprint density at radius 3 is 2.30 bits per heavy atom. The third-order valence-electron chi connectivity index (χ3n) is 9.56. The summed E-state index contributed by atoms with van der Waals surface area (Å²) in [6.07, 6.45) is 9.19. The van der Waals surface area contributed by atoms with Crippen LogP contribution < -0.4 is 0 Å². The summed E-state index contributed by atoms with van der Waals surface area (Å²) in [7, 11) is 0. The molecule has 0 saturated heterocycles. The van der Waals surface area contributed by atoms with E-state index in [0.717, 1.165) is 37.0 Å². The molecule has 0 bridgehead atoms. The topological polar surface area (TPSA) is 40.5 Å². The molecule has 0 radical (unpaired) electrons. The van der Waals surface area contributed by atoms with Gasteiger partial charge in [-0.1, -0.05) is 20.8 Å². The smallest absolute Gasteiger partial charge is 0.0675 e. The number of aliphatic hydroxyl groups is 2. The predicted molar refractivity (Wildman–Crippen MR) is 92.9 cm³/mol. The molecule has 9 atom stereocenters. The number of hydrogen-bond acceptors (Lipinski definition) is 2. The van der Waals surface area contributed by atoms with Crippen LogP contribution in [0.2, 0.25) is 0 Å². The second kappa shape index (κ2) is 4.97. The second-order valence-electron chi connectivity index (χ2n) is 10.4. The van der Waals surface area contributed by atoms with Gasteiger partial charge in [0.2, 0.25) is 0 Å². The van der Waals surface area contributed by atoms with E-state index in [4.69, 9.17) is 0 Å². The first-order valence-corrected chi connectivity index (χ1v) is 10.1. The Kier molecular flexibility index (Phi) is 3.54. The van der Waals surface area contributed by atoms with Crippen LogP contribution >= 0.6 is 0 Å². The molecule has 4 fully saturated rings. The van der Waals surface area contributed by atoms with Crippen LogP contribution in [0.1, 0.15) is 79.1 Å². The summed E-state index contributed by atoms with van der Waals surface area (Å²) in [6.45, 7) is 9.49. The Morgan fingerprint density at radius 1 is 0.870 bits per heavy atom. The molecule has 2 nitrogen and oxygen atoms in total. The van der Waals surface area contributed by atoms with Gasteiger partial charge >= 0.3 is 0 Å². The molecule has 4 aliphatic rings. The fourth-order valence-electron chi connectivity index (χ4n) is 7.86. The van der Waals surface area contributed by atoms with Gasteiger partial charge in [0.15, 0.2) is 0 Å². The van der Waals surface area contributed by atoms with Gasteiger partial charge < -0.3 is 10.2 Å². The van der Waals surface area contributed by atoms with Crippen molar-refractivity contribution in [1.29, 1.82) is 0 Å². The number of fused-ring (bicyclic) bond motifs is 5. The summed E-state index contributed by atoms with van der Waals surface area (Å²) in [5.74, 6) is 3.78. The van der Waals surface area contributed by atoms with Gasteiger partial charge in [-0.05, 0) is 98.7 Å².